The lowest BCUT2D eigenvalue weighted by Crippen LogP contribution is -2.30. The van der Waals surface area contributed by atoms with Gasteiger partial charge in [-0.3, -0.25) is 4.79 Å². The molecule has 1 N–H and O–H groups in total. The van der Waals surface area contributed by atoms with E-state index in [4.69, 9.17) is 9.72 Å². The third-order valence-electron chi connectivity index (χ3n) is 5.72. The van der Waals surface area contributed by atoms with Crippen molar-refractivity contribution in [3.8, 4) is 5.75 Å². The molecule has 0 radical (unpaired) electrons. The Labute approximate surface area is 189 Å². The maximum atomic E-state index is 12.6. The summed E-state index contributed by atoms with van der Waals surface area (Å²) < 4.78 is 8.17. The monoisotopic (exact) mass is 427 g/mol. The average molecular weight is 428 g/mol. The number of carbonyl (C=O) groups is 1. The minimum atomic E-state index is -0.222. The van der Waals surface area contributed by atoms with Gasteiger partial charge in [0.2, 0.25) is 5.91 Å². The fourth-order valence-electron chi connectivity index (χ4n) is 3.86. The van der Waals surface area contributed by atoms with Gasteiger partial charge in [-0.15, -0.1) is 0 Å². The predicted molar refractivity (Wildman–Crippen MR) is 128 cm³/mol. The summed E-state index contributed by atoms with van der Waals surface area (Å²) in [5, 5.41) is 3.10. The molecule has 0 bridgehead atoms. The summed E-state index contributed by atoms with van der Waals surface area (Å²) >= 11 is 0. The minimum Gasteiger partial charge on any atom is -0.492 e. The molecule has 5 nitrogen and oxygen atoms in total. The van der Waals surface area contributed by atoms with Gasteiger partial charge in [-0.05, 0) is 61.7 Å². The molecule has 4 rings (SSSR count). The largest absolute Gasteiger partial charge is 0.492 e. The van der Waals surface area contributed by atoms with Crippen LogP contribution in [-0.2, 0) is 17.8 Å². The van der Waals surface area contributed by atoms with Crippen molar-refractivity contribution in [2.75, 3.05) is 6.61 Å². The smallest absolute Gasteiger partial charge is 0.224 e. The number of nitrogens with one attached hydrogen (secondary N) is 1. The first-order chi connectivity index (χ1) is 15.5. The van der Waals surface area contributed by atoms with Crippen LogP contribution in [0, 0.1) is 13.8 Å². The lowest BCUT2D eigenvalue weighted by Gasteiger charge is -2.17. The van der Waals surface area contributed by atoms with E-state index in [9.17, 15) is 4.79 Å². The van der Waals surface area contributed by atoms with E-state index in [2.05, 4.69) is 41.9 Å². The van der Waals surface area contributed by atoms with Crippen LogP contribution < -0.4 is 10.1 Å². The first-order valence-electron chi connectivity index (χ1n) is 11.0. The number of carbonyl (C=O) groups excluding carboxylic acids is 1. The molecule has 0 spiro atoms. The molecule has 0 saturated carbocycles. The van der Waals surface area contributed by atoms with Crippen molar-refractivity contribution in [2.45, 2.75) is 39.8 Å². The maximum absolute atomic E-state index is 12.6. The van der Waals surface area contributed by atoms with Gasteiger partial charge in [-0.25, -0.2) is 4.98 Å². The van der Waals surface area contributed by atoms with Crippen LogP contribution >= 0.6 is 0 Å². The van der Waals surface area contributed by atoms with Crippen molar-refractivity contribution in [1.82, 2.24) is 14.9 Å². The van der Waals surface area contributed by atoms with E-state index in [0.29, 0.717) is 19.6 Å². The highest BCUT2D eigenvalue weighted by atomic mass is 16.5. The third-order valence-corrected chi connectivity index (χ3v) is 5.72. The SMILES string of the molecule is Cc1ccc(OCCn2c(C(C)NC(=O)Cc3ccccc3)nc3ccccc32)cc1C. The molecule has 1 amide bonds. The van der Waals surface area contributed by atoms with Crippen LogP contribution in [0.4, 0.5) is 0 Å². The normalized spacial score (nSPS) is 12.0. The number of amides is 1. The van der Waals surface area contributed by atoms with E-state index in [0.717, 1.165) is 28.2 Å². The van der Waals surface area contributed by atoms with Crippen molar-refractivity contribution >= 4 is 16.9 Å². The molecule has 0 aliphatic heterocycles. The fourth-order valence-corrected chi connectivity index (χ4v) is 3.86. The van der Waals surface area contributed by atoms with Crippen LogP contribution in [0.2, 0.25) is 0 Å². The lowest BCUT2D eigenvalue weighted by atomic mass is 10.1. The van der Waals surface area contributed by atoms with Gasteiger partial charge in [0.1, 0.15) is 18.2 Å². The van der Waals surface area contributed by atoms with Crippen molar-refractivity contribution in [2.24, 2.45) is 0 Å². The number of fused-ring (bicyclic) bond motifs is 1. The number of nitrogens with zero attached hydrogens (tertiary/aromatic N) is 2. The summed E-state index contributed by atoms with van der Waals surface area (Å²) in [5.74, 6) is 1.67. The zero-order chi connectivity index (χ0) is 22.5. The average Bonchev–Trinajstić information content (AvgIpc) is 3.16. The number of imidazole rings is 1. The van der Waals surface area contributed by atoms with E-state index < -0.39 is 0 Å². The second kappa shape index (κ2) is 9.69. The Morgan fingerprint density at radius 3 is 2.53 bits per heavy atom. The number of aryl methyl sites for hydroxylation is 2. The second-order valence-corrected chi connectivity index (χ2v) is 8.16. The van der Waals surface area contributed by atoms with E-state index in [1.54, 1.807) is 0 Å². The Balaban J connectivity index is 1.49. The van der Waals surface area contributed by atoms with Gasteiger partial charge < -0.3 is 14.6 Å². The third kappa shape index (κ3) is 4.99. The molecule has 4 aromatic rings. The second-order valence-electron chi connectivity index (χ2n) is 8.16. The molecule has 1 heterocycles. The molecule has 5 heteroatoms. The molecular formula is C27H29N3O2. The van der Waals surface area contributed by atoms with E-state index >= 15 is 0 Å². The zero-order valence-electron chi connectivity index (χ0n) is 18.8. The molecule has 0 fully saturated rings. The summed E-state index contributed by atoms with van der Waals surface area (Å²) in [4.78, 5) is 17.4. The van der Waals surface area contributed by atoms with Gasteiger partial charge in [0.15, 0.2) is 0 Å². The molecule has 32 heavy (non-hydrogen) atoms. The lowest BCUT2D eigenvalue weighted by molar-refractivity contribution is -0.121. The van der Waals surface area contributed by atoms with Crippen LogP contribution in [0.3, 0.4) is 0 Å². The molecule has 0 aliphatic carbocycles. The van der Waals surface area contributed by atoms with Gasteiger partial charge in [-0.1, -0.05) is 48.5 Å². The molecule has 0 saturated heterocycles. The van der Waals surface area contributed by atoms with Crippen LogP contribution in [-0.4, -0.2) is 22.1 Å². The number of para-hydroxylation sites is 2. The predicted octanol–water partition coefficient (Wildman–Crippen LogP) is 5.15. The fraction of sp³-hybridized carbons (Fsp3) is 0.259. The van der Waals surface area contributed by atoms with Gasteiger partial charge in [0.05, 0.1) is 30.0 Å². The van der Waals surface area contributed by atoms with Crippen LogP contribution in [0.5, 0.6) is 5.75 Å². The van der Waals surface area contributed by atoms with Gasteiger partial charge in [0.25, 0.3) is 0 Å². The zero-order valence-corrected chi connectivity index (χ0v) is 18.8. The summed E-state index contributed by atoms with van der Waals surface area (Å²) in [6.45, 7) is 7.31. The van der Waals surface area contributed by atoms with Gasteiger partial charge in [0, 0.05) is 0 Å². The maximum Gasteiger partial charge on any atom is 0.224 e. The first-order valence-corrected chi connectivity index (χ1v) is 11.0. The first kappa shape index (κ1) is 21.6. The molecule has 164 valence electrons. The number of hydrogen-bond acceptors (Lipinski definition) is 3. The molecular weight excluding hydrogens is 398 g/mol. The Kier molecular flexibility index (Phi) is 6.55. The summed E-state index contributed by atoms with van der Waals surface area (Å²) in [6.07, 6.45) is 0.349. The van der Waals surface area contributed by atoms with E-state index in [-0.39, 0.29) is 11.9 Å². The Morgan fingerprint density at radius 1 is 1.00 bits per heavy atom. The van der Waals surface area contributed by atoms with E-state index in [1.807, 2.05) is 61.5 Å². The Bertz CT molecular complexity index is 1210. The van der Waals surface area contributed by atoms with Crippen LogP contribution in [0.1, 0.15) is 35.5 Å². The van der Waals surface area contributed by atoms with Gasteiger partial charge in [-0.2, -0.15) is 0 Å². The van der Waals surface area contributed by atoms with Crippen LogP contribution in [0.15, 0.2) is 72.8 Å². The highest BCUT2D eigenvalue weighted by molar-refractivity contribution is 5.79. The van der Waals surface area contributed by atoms with Crippen molar-refractivity contribution < 1.29 is 9.53 Å². The Hall–Kier alpha value is -3.60. The van der Waals surface area contributed by atoms with Gasteiger partial charge >= 0.3 is 0 Å². The molecule has 1 aromatic heterocycles. The van der Waals surface area contributed by atoms with Crippen molar-refractivity contribution in [3.63, 3.8) is 0 Å². The van der Waals surface area contributed by atoms with E-state index in [1.165, 1.54) is 11.1 Å². The number of aromatic nitrogens is 2. The van der Waals surface area contributed by atoms with Crippen LogP contribution in [0.25, 0.3) is 11.0 Å². The Morgan fingerprint density at radius 2 is 1.75 bits per heavy atom. The molecule has 1 unspecified atom stereocenters. The highest BCUT2D eigenvalue weighted by Gasteiger charge is 2.18. The molecule has 1 atom stereocenters. The number of ether oxygens (including phenoxy) is 1. The quantitative estimate of drug-likeness (QED) is 0.423. The summed E-state index contributed by atoms with van der Waals surface area (Å²) in [6, 6.07) is 23.7. The topological polar surface area (TPSA) is 56.1 Å². The standard InChI is InChI=1S/C27H29N3O2/c1-19-13-14-23(17-20(19)2)32-16-15-30-25-12-8-7-11-24(25)29-27(30)21(3)28-26(31)18-22-9-5-4-6-10-22/h4-14,17,21H,15-16,18H2,1-3H3,(H,28,31). The number of rotatable bonds is 8. The molecule has 0 aliphatic rings. The summed E-state index contributed by atoms with van der Waals surface area (Å²) in [7, 11) is 0. The number of benzene rings is 3. The summed E-state index contributed by atoms with van der Waals surface area (Å²) in [5.41, 5.74) is 5.41. The highest BCUT2D eigenvalue weighted by Crippen LogP contribution is 2.22. The minimum absolute atomic E-state index is 0.0197. The number of hydrogen-bond donors (Lipinski definition) is 1. The van der Waals surface area contributed by atoms with Crippen molar-refractivity contribution in [1.29, 1.82) is 0 Å². The van der Waals surface area contributed by atoms with Crippen molar-refractivity contribution in [3.05, 3.63) is 95.3 Å². The molecule has 3 aromatic carbocycles.